The Morgan fingerprint density at radius 1 is 1.04 bits per heavy atom. The number of para-hydroxylation sites is 2. The average Bonchev–Trinajstić information content (AvgIpc) is 2.99. The Morgan fingerprint density at radius 2 is 1.84 bits per heavy atom. The number of nitrogens with zero attached hydrogens (tertiary/aromatic N) is 2. The van der Waals surface area contributed by atoms with Gasteiger partial charge in [-0.05, 0) is 51.1 Å². The SMILES string of the molecule is CNCCc1nc2ccccc2n1CCCCOc1ccc(C)cc1. The third-order valence-electron chi connectivity index (χ3n) is 4.40. The van der Waals surface area contributed by atoms with Crippen LogP contribution in [0, 0.1) is 6.92 Å². The molecule has 0 saturated carbocycles. The summed E-state index contributed by atoms with van der Waals surface area (Å²) in [7, 11) is 1.98. The van der Waals surface area contributed by atoms with Crippen molar-refractivity contribution in [3.8, 4) is 5.75 Å². The Labute approximate surface area is 149 Å². The maximum Gasteiger partial charge on any atom is 0.119 e. The molecule has 1 aromatic heterocycles. The molecule has 1 heterocycles. The lowest BCUT2D eigenvalue weighted by molar-refractivity contribution is 0.303. The molecule has 0 fully saturated rings. The molecular weight excluding hydrogens is 310 g/mol. The van der Waals surface area contributed by atoms with Crippen LogP contribution in [0.2, 0.25) is 0 Å². The third-order valence-corrected chi connectivity index (χ3v) is 4.40. The molecule has 0 saturated heterocycles. The second-order valence-corrected chi connectivity index (χ2v) is 6.39. The zero-order chi connectivity index (χ0) is 17.5. The molecule has 0 radical (unpaired) electrons. The van der Waals surface area contributed by atoms with Crippen LogP contribution in [0.3, 0.4) is 0 Å². The quantitative estimate of drug-likeness (QED) is 0.601. The first kappa shape index (κ1) is 17.5. The Hall–Kier alpha value is -2.33. The fraction of sp³-hybridized carbons (Fsp3) is 0.381. The number of benzene rings is 2. The van der Waals surface area contributed by atoms with E-state index in [2.05, 4.69) is 53.2 Å². The highest BCUT2D eigenvalue weighted by molar-refractivity contribution is 5.75. The van der Waals surface area contributed by atoms with Crippen molar-refractivity contribution in [3.63, 3.8) is 0 Å². The summed E-state index contributed by atoms with van der Waals surface area (Å²) in [4.78, 5) is 4.80. The molecule has 3 rings (SSSR count). The number of aromatic nitrogens is 2. The highest BCUT2D eigenvalue weighted by Gasteiger charge is 2.09. The van der Waals surface area contributed by atoms with Crippen LogP contribution in [0.25, 0.3) is 11.0 Å². The van der Waals surface area contributed by atoms with Crippen LogP contribution < -0.4 is 10.1 Å². The molecule has 25 heavy (non-hydrogen) atoms. The Balaban J connectivity index is 1.55. The minimum absolute atomic E-state index is 0.752. The summed E-state index contributed by atoms with van der Waals surface area (Å²) in [5.41, 5.74) is 3.57. The standard InChI is InChI=1S/C21H27N3O/c1-17-9-11-18(12-10-17)25-16-6-5-15-24-20-8-4-3-7-19(20)23-21(24)13-14-22-2/h3-4,7-12,22H,5-6,13-16H2,1-2H3. The fourth-order valence-electron chi connectivity index (χ4n) is 3.00. The molecule has 0 aliphatic carbocycles. The van der Waals surface area contributed by atoms with Crippen LogP contribution in [0.4, 0.5) is 0 Å². The molecular formula is C21H27N3O. The summed E-state index contributed by atoms with van der Waals surface area (Å²) in [6.45, 7) is 4.77. The summed E-state index contributed by atoms with van der Waals surface area (Å²) in [6.07, 6.45) is 3.07. The topological polar surface area (TPSA) is 39.1 Å². The molecule has 4 heteroatoms. The first-order valence-electron chi connectivity index (χ1n) is 9.06. The summed E-state index contributed by atoms with van der Waals surface area (Å²) < 4.78 is 8.19. The van der Waals surface area contributed by atoms with Crippen molar-refractivity contribution in [2.45, 2.75) is 32.7 Å². The highest BCUT2D eigenvalue weighted by atomic mass is 16.5. The van der Waals surface area contributed by atoms with Gasteiger partial charge in [0.2, 0.25) is 0 Å². The normalized spacial score (nSPS) is 11.1. The van der Waals surface area contributed by atoms with E-state index in [1.807, 2.05) is 19.2 Å². The molecule has 0 bridgehead atoms. The van der Waals surface area contributed by atoms with E-state index in [0.29, 0.717) is 0 Å². The van der Waals surface area contributed by atoms with E-state index in [1.165, 1.54) is 11.1 Å². The molecule has 0 atom stereocenters. The number of unbranched alkanes of at least 4 members (excludes halogenated alkanes) is 1. The van der Waals surface area contributed by atoms with Crippen molar-refractivity contribution in [1.82, 2.24) is 14.9 Å². The summed E-state index contributed by atoms with van der Waals surface area (Å²) in [6, 6.07) is 16.6. The lowest BCUT2D eigenvalue weighted by Gasteiger charge is -2.10. The van der Waals surface area contributed by atoms with E-state index >= 15 is 0 Å². The van der Waals surface area contributed by atoms with Gasteiger partial charge in [0.05, 0.1) is 17.6 Å². The minimum Gasteiger partial charge on any atom is -0.494 e. The number of imidazole rings is 1. The first-order valence-corrected chi connectivity index (χ1v) is 9.06. The first-order chi connectivity index (χ1) is 12.3. The van der Waals surface area contributed by atoms with Crippen molar-refractivity contribution in [3.05, 3.63) is 59.9 Å². The molecule has 3 aromatic rings. The van der Waals surface area contributed by atoms with E-state index in [0.717, 1.165) is 56.0 Å². The molecule has 0 aliphatic rings. The maximum absolute atomic E-state index is 5.83. The third kappa shape index (κ3) is 4.60. The van der Waals surface area contributed by atoms with Gasteiger partial charge in [-0.2, -0.15) is 0 Å². The van der Waals surface area contributed by atoms with Gasteiger partial charge in [0.1, 0.15) is 11.6 Å². The molecule has 0 unspecified atom stereocenters. The minimum atomic E-state index is 0.752. The number of rotatable bonds is 9. The summed E-state index contributed by atoms with van der Waals surface area (Å²) in [5, 5.41) is 3.21. The average molecular weight is 337 g/mol. The van der Waals surface area contributed by atoms with E-state index < -0.39 is 0 Å². The van der Waals surface area contributed by atoms with Crippen molar-refractivity contribution in [2.75, 3.05) is 20.2 Å². The fourth-order valence-corrected chi connectivity index (χ4v) is 3.00. The predicted octanol–water partition coefficient (Wildman–Crippen LogP) is 3.97. The lowest BCUT2D eigenvalue weighted by Crippen LogP contribution is -2.14. The van der Waals surface area contributed by atoms with Gasteiger partial charge in [-0.25, -0.2) is 4.98 Å². The molecule has 0 spiro atoms. The van der Waals surface area contributed by atoms with E-state index in [9.17, 15) is 0 Å². The summed E-state index contributed by atoms with van der Waals surface area (Å²) in [5.74, 6) is 2.11. The number of aryl methyl sites for hydroxylation is 2. The van der Waals surface area contributed by atoms with Gasteiger partial charge >= 0.3 is 0 Å². The van der Waals surface area contributed by atoms with E-state index in [1.54, 1.807) is 0 Å². The molecule has 0 aliphatic heterocycles. The Kier molecular flexibility index (Phi) is 6.07. The summed E-state index contributed by atoms with van der Waals surface area (Å²) >= 11 is 0. The molecule has 0 amide bonds. The van der Waals surface area contributed by atoms with Gasteiger partial charge in [0, 0.05) is 19.5 Å². The number of likely N-dealkylation sites (N-methyl/N-ethyl adjacent to an activating group) is 1. The van der Waals surface area contributed by atoms with Crippen molar-refractivity contribution in [1.29, 1.82) is 0 Å². The van der Waals surface area contributed by atoms with Crippen LogP contribution in [-0.4, -0.2) is 29.8 Å². The monoisotopic (exact) mass is 337 g/mol. The van der Waals surface area contributed by atoms with Crippen molar-refractivity contribution < 1.29 is 4.74 Å². The van der Waals surface area contributed by atoms with Crippen LogP contribution in [0.1, 0.15) is 24.2 Å². The number of ether oxygens (including phenoxy) is 1. The van der Waals surface area contributed by atoms with Crippen molar-refractivity contribution >= 4 is 11.0 Å². The second-order valence-electron chi connectivity index (χ2n) is 6.39. The smallest absolute Gasteiger partial charge is 0.119 e. The van der Waals surface area contributed by atoms with Crippen LogP contribution in [-0.2, 0) is 13.0 Å². The Bertz CT molecular complexity index is 793. The van der Waals surface area contributed by atoms with Gasteiger partial charge in [0.15, 0.2) is 0 Å². The van der Waals surface area contributed by atoms with E-state index in [4.69, 9.17) is 9.72 Å². The number of hydrogen-bond acceptors (Lipinski definition) is 3. The highest BCUT2D eigenvalue weighted by Crippen LogP contribution is 2.18. The van der Waals surface area contributed by atoms with Crippen molar-refractivity contribution in [2.24, 2.45) is 0 Å². The predicted molar refractivity (Wildman–Crippen MR) is 103 cm³/mol. The van der Waals surface area contributed by atoms with Gasteiger partial charge in [-0.15, -0.1) is 0 Å². The number of hydrogen-bond donors (Lipinski definition) is 1. The van der Waals surface area contributed by atoms with Crippen LogP contribution in [0.15, 0.2) is 48.5 Å². The zero-order valence-electron chi connectivity index (χ0n) is 15.2. The maximum atomic E-state index is 5.83. The van der Waals surface area contributed by atoms with Crippen LogP contribution >= 0.6 is 0 Å². The molecule has 132 valence electrons. The lowest BCUT2D eigenvalue weighted by atomic mass is 10.2. The van der Waals surface area contributed by atoms with Gasteiger partial charge < -0.3 is 14.6 Å². The molecule has 1 N–H and O–H groups in total. The van der Waals surface area contributed by atoms with Gasteiger partial charge in [-0.3, -0.25) is 0 Å². The van der Waals surface area contributed by atoms with Crippen LogP contribution in [0.5, 0.6) is 5.75 Å². The zero-order valence-corrected chi connectivity index (χ0v) is 15.2. The molecule has 2 aromatic carbocycles. The second kappa shape index (κ2) is 8.67. The number of fused-ring (bicyclic) bond motifs is 1. The molecule has 4 nitrogen and oxygen atoms in total. The van der Waals surface area contributed by atoms with E-state index in [-0.39, 0.29) is 0 Å². The Morgan fingerprint density at radius 3 is 2.64 bits per heavy atom. The van der Waals surface area contributed by atoms with Gasteiger partial charge in [-0.1, -0.05) is 29.8 Å². The van der Waals surface area contributed by atoms with Gasteiger partial charge in [0.25, 0.3) is 0 Å². The number of nitrogens with one attached hydrogen (secondary N) is 1. The largest absolute Gasteiger partial charge is 0.494 e.